The van der Waals surface area contributed by atoms with Gasteiger partial charge in [0, 0.05) is 0 Å². The van der Waals surface area contributed by atoms with Gasteiger partial charge in [-0.2, -0.15) is 13.2 Å². The number of halogens is 7. The standard InChI is InChI=1S/C7H9F7/c1-2-3(8)4(9)5(10)6(11)7(12,13)14/h3-6H,2H2,1H3. The predicted molar refractivity (Wildman–Crippen MR) is 35.9 cm³/mol. The van der Waals surface area contributed by atoms with Crippen LogP contribution in [0.25, 0.3) is 0 Å². The minimum absolute atomic E-state index is 0.508. The minimum atomic E-state index is -5.50. The number of hydrogen-bond donors (Lipinski definition) is 0. The average molecular weight is 226 g/mol. The summed E-state index contributed by atoms with van der Waals surface area (Å²) in [6, 6.07) is 0. The van der Waals surface area contributed by atoms with Crippen molar-refractivity contribution in [3.8, 4) is 0 Å². The second-order valence-electron chi connectivity index (χ2n) is 2.76. The van der Waals surface area contributed by atoms with Crippen LogP contribution in [-0.2, 0) is 0 Å². The Morgan fingerprint density at radius 2 is 1.36 bits per heavy atom. The summed E-state index contributed by atoms with van der Waals surface area (Å²) in [6.45, 7) is 1.12. The van der Waals surface area contributed by atoms with Gasteiger partial charge >= 0.3 is 6.18 Å². The first-order valence-electron chi connectivity index (χ1n) is 3.84. The van der Waals surface area contributed by atoms with Gasteiger partial charge in [-0.1, -0.05) is 6.92 Å². The smallest absolute Gasteiger partial charge is 0.244 e. The molecule has 0 nitrogen and oxygen atoms in total. The third-order valence-corrected chi connectivity index (χ3v) is 1.63. The Morgan fingerprint density at radius 3 is 1.64 bits per heavy atom. The van der Waals surface area contributed by atoms with Crippen LogP contribution in [0.2, 0.25) is 0 Å². The number of rotatable bonds is 4. The highest BCUT2D eigenvalue weighted by molar-refractivity contribution is 4.85. The monoisotopic (exact) mass is 226 g/mol. The van der Waals surface area contributed by atoms with E-state index >= 15 is 0 Å². The molecular weight excluding hydrogens is 217 g/mol. The van der Waals surface area contributed by atoms with Crippen LogP contribution >= 0.6 is 0 Å². The molecule has 0 aliphatic heterocycles. The zero-order valence-corrected chi connectivity index (χ0v) is 7.16. The van der Waals surface area contributed by atoms with E-state index in [0.29, 0.717) is 0 Å². The van der Waals surface area contributed by atoms with Crippen molar-refractivity contribution < 1.29 is 30.7 Å². The molecule has 0 radical (unpaired) electrons. The van der Waals surface area contributed by atoms with Crippen molar-refractivity contribution >= 4 is 0 Å². The SMILES string of the molecule is CCC(F)C(F)C(F)C(F)C(F)(F)F. The van der Waals surface area contributed by atoms with E-state index in [0.717, 1.165) is 6.92 Å². The molecule has 0 bridgehead atoms. The normalized spacial score (nSPS) is 21.4. The van der Waals surface area contributed by atoms with Crippen molar-refractivity contribution in [2.24, 2.45) is 0 Å². The lowest BCUT2D eigenvalue weighted by atomic mass is 10.1. The van der Waals surface area contributed by atoms with E-state index in [-0.39, 0.29) is 0 Å². The molecule has 0 aromatic heterocycles. The molecule has 4 unspecified atom stereocenters. The number of alkyl halides is 7. The Kier molecular flexibility index (Phi) is 4.67. The van der Waals surface area contributed by atoms with Crippen LogP contribution in [-0.4, -0.2) is 30.9 Å². The number of hydrogen-bond acceptors (Lipinski definition) is 0. The largest absolute Gasteiger partial charge is 0.422 e. The second kappa shape index (κ2) is 4.84. The van der Waals surface area contributed by atoms with Gasteiger partial charge in [-0.15, -0.1) is 0 Å². The summed E-state index contributed by atoms with van der Waals surface area (Å²) in [5, 5.41) is 0. The fourth-order valence-corrected chi connectivity index (χ4v) is 0.767. The van der Waals surface area contributed by atoms with Crippen LogP contribution in [0.4, 0.5) is 30.7 Å². The first-order chi connectivity index (χ1) is 6.21. The molecule has 4 atom stereocenters. The summed E-state index contributed by atoms with van der Waals surface area (Å²) in [5.74, 6) is 0. The van der Waals surface area contributed by atoms with Crippen LogP contribution in [0.15, 0.2) is 0 Å². The van der Waals surface area contributed by atoms with Gasteiger partial charge < -0.3 is 0 Å². The van der Waals surface area contributed by atoms with Crippen LogP contribution < -0.4 is 0 Å². The fourth-order valence-electron chi connectivity index (χ4n) is 0.767. The lowest BCUT2D eigenvalue weighted by Crippen LogP contribution is -2.42. The van der Waals surface area contributed by atoms with E-state index in [2.05, 4.69) is 0 Å². The van der Waals surface area contributed by atoms with E-state index in [1.807, 2.05) is 0 Å². The Balaban J connectivity index is 4.38. The Labute approximate surface area is 76.1 Å². The maximum Gasteiger partial charge on any atom is 0.422 e. The molecule has 0 heterocycles. The van der Waals surface area contributed by atoms with Crippen LogP contribution in [0.5, 0.6) is 0 Å². The van der Waals surface area contributed by atoms with Gasteiger partial charge in [-0.05, 0) is 6.42 Å². The summed E-state index contributed by atoms with van der Waals surface area (Å²) in [7, 11) is 0. The minimum Gasteiger partial charge on any atom is -0.244 e. The van der Waals surface area contributed by atoms with E-state index in [4.69, 9.17) is 0 Å². The van der Waals surface area contributed by atoms with Gasteiger partial charge in [0.2, 0.25) is 6.17 Å². The highest BCUT2D eigenvalue weighted by Crippen LogP contribution is 2.30. The quantitative estimate of drug-likeness (QED) is 0.645. The van der Waals surface area contributed by atoms with Crippen molar-refractivity contribution in [2.75, 3.05) is 0 Å². The van der Waals surface area contributed by atoms with Crippen LogP contribution in [0.3, 0.4) is 0 Å². The molecule has 14 heavy (non-hydrogen) atoms. The van der Waals surface area contributed by atoms with Gasteiger partial charge in [-0.3, -0.25) is 0 Å². The molecule has 0 saturated carbocycles. The molecule has 0 aromatic carbocycles. The third-order valence-electron chi connectivity index (χ3n) is 1.63. The lowest BCUT2D eigenvalue weighted by molar-refractivity contribution is -0.204. The molecule has 0 aromatic rings. The second-order valence-corrected chi connectivity index (χ2v) is 2.76. The zero-order chi connectivity index (χ0) is 11.5. The molecule has 0 spiro atoms. The summed E-state index contributed by atoms with van der Waals surface area (Å²) in [4.78, 5) is 0. The Morgan fingerprint density at radius 1 is 0.929 bits per heavy atom. The molecular formula is C7H9F7. The van der Waals surface area contributed by atoms with E-state index in [9.17, 15) is 30.7 Å². The molecule has 0 aliphatic carbocycles. The summed E-state index contributed by atoms with van der Waals surface area (Å²) >= 11 is 0. The zero-order valence-electron chi connectivity index (χ0n) is 7.16. The Bertz CT molecular complexity index is 166. The van der Waals surface area contributed by atoms with Crippen molar-refractivity contribution in [1.82, 2.24) is 0 Å². The highest BCUT2D eigenvalue weighted by Gasteiger charge is 2.50. The maximum atomic E-state index is 12.5. The lowest BCUT2D eigenvalue weighted by Gasteiger charge is -2.21. The van der Waals surface area contributed by atoms with E-state index in [1.54, 1.807) is 0 Å². The molecule has 7 heteroatoms. The van der Waals surface area contributed by atoms with Gasteiger partial charge in [0.1, 0.15) is 6.17 Å². The van der Waals surface area contributed by atoms with E-state index in [1.165, 1.54) is 0 Å². The van der Waals surface area contributed by atoms with Crippen LogP contribution in [0, 0.1) is 0 Å². The summed E-state index contributed by atoms with van der Waals surface area (Å²) in [5.41, 5.74) is 0. The molecule has 0 N–H and O–H groups in total. The highest BCUT2D eigenvalue weighted by atomic mass is 19.4. The molecule has 0 saturated heterocycles. The first-order valence-corrected chi connectivity index (χ1v) is 3.84. The molecule has 86 valence electrons. The third kappa shape index (κ3) is 3.34. The van der Waals surface area contributed by atoms with Crippen LogP contribution in [0.1, 0.15) is 13.3 Å². The van der Waals surface area contributed by atoms with Crippen molar-refractivity contribution in [2.45, 2.75) is 44.2 Å². The summed E-state index contributed by atoms with van der Waals surface area (Å²) in [6.07, 6.45) is -19.0. The molecule has 0 amide bonds. The Hall–Kier alpha value is -0.490. The van der Waals surface area contributed by atoms with Crippen molar-refractivity contribution in [3.63, 3.8) is 0 Å². The topological polar surface area (TPSA) is 0 Å². The maximum absolute atomic E-state index is 12.5. The molecule has 0 fully saturated rings. The fraction of sp³-hybridized carbons (Fsp3) is 1.00. The molecule has 0 aliphatic rings. The molecule has 0 rings (SSSR count). The van der Waals surface area contributed by atoms with Crippen molar-refractivity contribution in [1.29, 1.82) is 0 Å². The summed E-state index contributed by atoms with van der Waals surface area (Å²) < 4.78 is 84.0. The van der Waals surface area contributed by atoms with Gasteiger partial charge in [0.25, 0.3) is 0 Å². The van der Waals surface area contributed by atoms with Gasteiger partial charge in [0.05, 0.1) is 0 Å². The van der Waals surface area contributed by atoms with E-state index < -0.39 is 37.3 Å². The van der Waals surface area contributed by atoms with Crippen molar-refractivity contribution in [3.05, 3.63) is 0 Å². The van der Waals surface area contributed by atoms with Gasteiger partial charge in [-0.25, -0.2) is 17.6 Å². The van der Waals surface area contributed by atoms with Gasteiger partial charge in [0.15, 0.2) is 12.3 Å². The average Bonchev–Trinajstić information content (AvgIpc) is 2.11. The first kappa shape index (κ1) is 13.5. The predicted octanol–water partition coefficient (Wildman–Crippen LogP) is 3.31.